The molecule has 2 heterocycles. The molecule has 16 heteroatoms. The van der Waals surface area contributed by atoms with E-state index < -0.39 is 35.8 Å². The highest BCUT2D eigenvalue weighted by Crippen LogP contribution is 2.35. The Kier molecular flexibility index (Phi) is 8.22. The number of aliphatic hydroxyl groups is 2. The number of carbonyl (C=O) groups excluding carboxylic acids is 2. The Labute approximate surface area is 229 Å². The summed E-state index contributed by atoms with van der Waals surface area (Å²) in [6, 6.07) is 7.04. The average Bonchev–Trinajstić information content (AvgIpc) is 3.55. The fourth-order valence-electron chi connectivity index (χ4n) is 3.21. The van der Waals surface area contributed by atoms with Gasteiger partial charge in [0.1, 0.15) is 33.7 Å². The van der Waals surface area contributed by atoms with Gasteiger partial charge in [0.25, 0.3) is 11.8 Å². The largest absolute Gasteiger partial charge is 0.497 e. The molecule has 1 unspecified atom stereocenters. The van der Waals surface area contributed by atoms with E-state index in [1.807, 2.05) is 0 Å². The maximum atomic E-state index is 14.7. The number of urea groups is 1. The molecule has 40 heavy (non-hydrogen) atoms. The third kappa shape index (κ3) is 6.48. The number of nitrogen functional groups attached to an aromatic ring is 1. The first-order valence-electron chi connectivity index (χ1n) is 11.4. The van der Waals surface area contributed by atoms with E-state index in [2.05, 4.69) is 31.1 Å². The standard InChI is InChI=1S/C24H23F2N7O6S/c1-24(37,10-34)9-28-22(36)32-23-30-18(27)17(40-23)21-31-19(33-39-21)13-7-16(15(26)8-14(13)25)29-20(35)11-4-3-5-12(6-11)38-2/h3-8,34,37H,9-10,27H2,1-2H3,(H,29,35)(H2,28,30,32,36). The monoisotopic (exact) mass is 575 g/mol. The molecule has 0 saturated carbocycles. The van der Waals surface area contributed by atoms with Gasteiger partial charge < -0.3 is 35.8 Å². The predicted octanol–water partition coefficient (Wildman–Crippen LogP) is 2.85. The highest BCUT2D eigenvalue weighted by atomic mass is 32.1. The summed E-state index contributed by atoms with van der Waals surface area (Å²) in [5, 5.41) is 29.8. The Morgan fingerprint density at radius 2 is 1.95 bits per heavy atom. The van der Waals surface area contributed by atoms with Crippen LogP contribution in [-0.4, -0.2) is 63.1 Å². The SMILES string of the molecule is COc1cccc(C(=O)Nc2cc(-c3noc(-c4sc(NC(=O)NCC(C)(O)CO)nc4N)n3)c(F)cc2F)c1. The number of carbonyl (C=O) groups is 2. The maximum Gasteiger partial charge on any atom is 0.321 e. The van der Waals surface area contributed by atoms with Crippen LogP contribution in [0.3, 0.4) is 0 Å². The lowest BCUT2D eigenvalue weighted by molar-refractivity contribution is 0.00514. The van der Waals surface area contributed by atoms with Crippen molar-refractivity contribution in [2.45, 2.75) is 12.5 Å². The number of nitrogens with zero attached hydrogens (tertiary/aromatic N) is 3. The summed E-state index contributed by atoms with van der Waals surface area (Å²) < 4.78 is 39.5. The number of hydrogen-bond donors (Lipinski definition) is 6. The lowest BCUT2D eigenvalue weighted by Crippen LogP contribution is -2.44. The molecule has 0 aliphatic heterocycles. The second-order valence-electron chi connectivity index (χ2n) is 8.62. The molecule has 0 fully saturated rings. The quantitative estimate of drug-likeness (QED) is 0.173. The average molecular weight is 576 g/mol. The highest BCUT2D eigenvalue weighted by Gasteiger charge is 2.23. The molecular weight excluding hydrogens is 552 g/mol. The number of nitrogens with two attached hydrogens (primary N) is 1. The predicted molar refractivity (Wildman–Crippen MR) is 141 cm³/mol. The summed E-state index contributed by atoms with van der Waals surface area (Å²) in [5.41, 5.74) is 3.98. The van der Waals surface area contributed by atoms with Crippen molar-refractivity contribution in [2.75, 3.05) is 36.6 Å². The molecule has 0 radical (unpaired) electrons. The summed E-state index contributed by atoms with van der Waals surface area (Å²) in [4.78, 5) is 33.0. The lowest BCUT2D eigenvalue weighted by Gasteiger charge is -2.20. The van der Waals surface area contributed by atoms with Crippen LogP contribution in [0.15, 0.2) is 40.9 Å². The van der Waals surface area contributed by atoms with E-state index in [1.165, 1.54) is 26.2 Å². The molecule has 0 saturated heterocycles. The van der Waals surface area contributed by atoms with Crippen molar-refractivity contribution >= 4 is 39.9 Å². The van der Waals surface area contributed by atoms with Crippen molar-refractivity contribution in [3.05, 3.63) is 53.6 Å². The zero-order valence-corrected chi connectivity index (χ0v) is 21.8. The molecule has 2 aromatic heterocycles. The molecule has 7 N–H and O–H groups in total. The van der Waals surface area contributed by atoms with Gasteiger partial charge in [-0.2, -0.15) is 4.98 Å². The van der Waals surface area contributed by atoms with E-state index in [0.717, 1.165) is 17.4 Å². The van der Waals surface area contributed by atoms with Crippen molar-refractivity contribution in [1.82, 2.24) is 20.4 Å². The molecule has 4 rings (SSSR count). The van der Waals surface area contributed by atoms with Crippen LogP contribution in [0.25, 0.3) is 22.2 Å². The van der Waals surface area contributed by atoms with E-state index in [-0.39, 0.29) is 50.9 Å². The number of rotatable bonds is 9. The Morgan fingerprint density at radius 1 is 1.18 bits per heavy atom. The van der Waals surface area contributed by atoms with Crippen LogP contribution in [0.5, 0.6) is 5.75 Å². The Bertz CT molecular complexity index is 1560. The first-order valence-corrected chi connectivity index (χ1v) is 12.2. The minimum atomic E-state index is -1.52. The molecule has 3 amide bonds. The van der Waals surface area contributed by atoms with Crippen molar-refractivity contribution in [2.24, 2.45) is 0 Å². The maximum absolute atomic E-state index is 14.7. The number of ether oxygens (including phenoxy) is 1. The zero-order valence-electron chi connectivity index (χ0n) is 21.0. The number of hydrogen-bond acceptors (Lipinski definition) is 11. The van der Waals surface area contributed by atoms with Gasteiger partial charge >= 0.3 is 6.03 Å². The molecule has 0 aliphatic carbocycles. The molecule has 0 spiro atoms. The minimum absolute atomic E-state index is 0.0453. The van der Waals surface area contributed by atoms with Crippen molar-refractivity contribution in [1.29, 1.82) is 0 Å². The summed E-state index contributed by atoms with van der Waals surface area (Å²) in [5.74, 6) is -2.79. The lowest BCUT2D eigenvalue weighted by atomic mass is 10.1. The Hall–Kier alpha value is -4.67. The number of halogens is 2. The summed E-state index contributed by atoms with van der Waals surface area (Å²) in [6.07, 6.45) is 0. The molecule has 13 nitrogen and oxygen atoms in total. The minimum Gasteiger partial charge on any atom is -0.497 e. The molecular formula is C24H23F2N7O6S. The fraction of sp³-hybridized carbons (Fsp3) is 0.208. The van der Waals surface area contributed by atoms with Crippen LogP contribution in [0.1, 0.15) is 17.3 Å². The zero-order chi connectivity index (χ0) is 29.0. The van der Waals surface area contributed by atoms with E-state index in [1.54, 1.807) is 12.1 Å². The Morgan fingerprint density at radius 3 is 2.67 bits per heavy atom. The topological polar surface area (TPSA) is 198 Å². The molecule has 2 aromatic carbocycles. The number of benzene rings is 2. The van der Waals surface area contributed by atoms with Gasteiger partial charge in [0.05, 0.1) is 31.5 Å². The number of thiazole rings is 1. The number of nitrogens with one attached hydrogen (secondary N) is 3. The van der Waals surface area contributed by atoms with Crippen molar-refractivity contribution in [3.63, 3.8) is 0 Å². The van der Waals surface area contributed by atoms with E-state index in [4.69, 9.17) is 20.1 Å². The Balaban J connectivity index is 1.52. The third-order valence-electron chi connectivity index (χ3n) is 5.34. The molecule has 0 bridgehead atoms. The highest BCUT2D eigenvalue weighted by molar-refractivity contribution is 7.19. The number of amides is 3. The number of aromatic nitrogens is 3. The van der Waals surface area contributed by atoms with Crippen LogP contribution >= 0.6 is 11.3 Å². The van der Waals surface area contributed by atoms with Gasteiger partial charge in [0.15, 0.2) is 5.13 Å². The van der Waals surface area contributed by atoms with Gasteiger partial charge in [-0.05, 0) is 31.2 Å². The van der Waals surface area contributed by atoms with Crippen molar-refractivity contribution < 1.29 is 37.8 Å². The number of aliphatic hydroxyl groups excluding tert-OH is 1. The third-order valence-corrected chi connectivity index (χ3v) is 6.32. The summed E-state index contributed by atoms with van der Waals surface area (Å²) >= 11 is 0.870. The second kappa shape index (κ2) is 11.6. The molecule has 4 aromatic rings. The fourth-order valence-corrected chi connectivity index (χ4v) is 4.01. The van der Waals surface area contributed by atoms with Crippen LogP contribution in [0.4, 0.5) is 30.2 Å². The molecule has 1 atom stereocenters. The van der Waals surface area contributed by atoms with Gasteiger partial charge in [-0.25, -0.2) is 18.6 Å². The van der Waals surface area contributed by atoms with Gasteiger partial charge in [0.2, 0.25) is 5.82 Å². The van der Waals surface area contributed by atoms with E-state index >= 15 is 0 Å². The molecule has 210 valence electrons. The number of methoxy groups -OCH3 is 1. The van der Waals surface area contributed by atoms with Crippen LogP contribution in [0, 0.1) is 11.6 Å². The van der Waals surface area contributed by atoms with Crippen LogP contribution in [-0.2, 0) is 0 Å². The van der Waals surface area contributed by atoms with Gasteiger partial charge in [-0.15, -0.1) is 0 Å². The van der Waals surface area contributed by atoms with E-state index in [0.29, 0.717) is 11.8 Å². The van der Waals surface area contributed by atoms with Crippen LogP contribution < -0.4 is 26.4 Å². The van der Waals surface area contributed by atoms with Gasteiger partial charge in [-0.3, -0.25) is 10.1 Å². The normalized spacial score (nSPS) is 12.4. The smallest absolute Gasteiger partial charge is 0.321 e. The first-order chi connectivity index (χ1) is 19.0. The van der Waals surface area contributed by atoms with E-state index in [9.17, 15) is 23.5 Å². The summed E-state index contributed by atoms with van der Waals surface area (Å²) in [6.45, 7) is 0.536. The first kappa shape index (κ1) is 28.3. The van der Waals surface area contributed by atoms with Crippen LogP contribution in [0.2, 0.25) is 0 Å². The number of anilines is 3. The van der Waals surface area contributed by atoms with Crippen molar-refractivity contribution in [3.8, 4) is 27.9 Å². The van der Waals surface area contributed by atoms with Gasteiger partial charge in [-0.1, -0.05) is 22.6 Å². The second-order valence-corrected chi connectivity index (χ2v) is 9.62. The summed E-state index contributed by atoms with van der Waals surface area (Å²) in [7, 11) is 1.43. The van der Waals surface area contributed by atoms with Gasteiger partial charge in [0, 0.05) is 11.6 Å². The molecule has 0 aliphatic rings.